The van der Waals surface area contributed by atoms with E-state index in [4.69, 9.17) is 0 Å². The Balaban J connectivity index is 2.95. The SMILES string of the molecule is CC(C)NCc1cc(F)ccc1N(C)C(C)C. The van der Waals surface area contributed by atoms with Gasteiger partial charge in [-0.1, -0.05) is 13.8 Å². The normalized spacial score (nSPS) is 11.3. The molecule has 0 fully saturated rings. The number of hydrogen-bond donors (Lipinski definition) is 1. The molecule has 0 saturated carbocycles. The van der Waals surface area contributed by atoms with Crippen molar-refractivity contribution in [3.8, 4) is 0 Å². The predicted molar refractivity (Wildman–Crippen MR) is 71.9 cm³/mol. The lowest BCUT2D eigenvalue weighted by molar-refractivity contribution is 0.579. The Morgan fingerprint density at radius 1 is 1.24 bits per heavy atom. The van der Waals surface area contributed by atoms with Crippen LogP contribution < -0.4 is 10.2 Å². The summed E-state index contributed by atoms with van der Waals surface area (Å²) in [4.78, 5) is 2.16. The molecule has 0 aromatic heterocycles. The summed E-state index contributed by atoms with van der Waals surface area (Å²) in [6.07, 6.45) is 0. The number of nitrogens with one attached hydrogen (secondary N) is 1. The van der Waals surface area contributed by atoms with Crippen molar-refractivity contribution in [1.82, 2.24) is 5.32 Å². The van der Waals surface area contributed by atoms with E-state index in [9.17, 15) is 4.39 Å². The molecular weight excluding hydrogens is 215 g/mol. The first-order valence-electron chi connectivity index (χ1n) is 6.16. The molecule has 0 saturated heterocycles. The lowest BCUT2D eigenvalue weighted by Crippen LogP contribution is -2.29. The molecule has 1 aromatic carbocycles. The summed E-state index contributed by atoms with van der Waals surface area (Å²) in [6, 6.07) is 5.79. The van der Waals surface area contributed by atoms with Crippen molar-refractivity contribution in [3.63, 3.8) is 0 Å². The maximum absolute atomic E-state index is 13.3. The first kappa shape index (κ1) is 14.0. The molecule has 0 spiro atoms. The number of nitrogens with zero attached hydrogens (tertiary/aromatic N) is 1. The van der Waals surface area contributed by atoms with Gasteiger partial charge in [0.2, 0.25) is 0 Å². The largest absolute Gasteiger partial charge is 0.372 e. The zero-order valence-electron chi connectivity index (χ0n) is 11.4. The summed E-state index contributed by atoms with van der Waals surface area (Å²) in [5, 5.41) is 3.33. The van der Waals surface area contributed by atoms with Gasteiger partial charge in [-0.25, -0.2) is 4.39 Å². The molecule has 0 aliphatic carbocycles. The van der Waals surface area contributed by atoms with Crippen molar-refractivity contribution in [1.29, 1.82) is 0 Å². The minimum Gasteiger partial charge on any atom is -0.372 e. The van der Waals surface area contributed by atoms with Crippen LogP contribution in [0.25, 0.3) is 0 Å². The van der Waals surface area contributed by atoms with Crippen molar-refractivity contribution >= 4 is 5.69 Å². The predicted octanol–water partition coefficient (Wildman–Crippen LogP) is 3.17. The Kier molecular flexibility index (Phi) is 4.94. The third kappa shape index (κ3) is 4.00. The van der Waals surface area contributed by atoms with Crippen LogP contribution in [-0.2, 0) is 6.54 Å². The molecule has 0 amide bonds. The van der Waals surface area contributed by atoms with Gasteiger partial charge in [0.15, 0.2) is 0 Å². The third-order valence-electron chi connectivity index (χ3n) is 2.90. The average molecular weight is 238 g/mol. The number of benzene rings is 1. The van der Waals surface area contributed by atoms with Gasteiger partial charge in [-0.05, 0) is 37.6 Å². The second-order valence-corrected chi connectivity index (χ2v) is 5.01. The Morgan fingerprint density at radius 2 is 1.88 bits per heavy atom. The van der Waals surface area contributed by atoms with E-state index in [2.05, 4.69) is 37.9 Å². The van der Waals surface area contributed by atoms with Gasteiger partial charge in [0.05, 0.1) is 0 Å². The van der Waals surface area contributed by atoms with E-state index < -0.39 is 0 Å². The molecule has 0 bridgehead atoms. The third-order valence-corrected chi connectivity index (χ3v) is 2.90. The second kappa shape index (κ2) is 6.01. The van der Waals surface area contributed by atoms with Crippen LogP contribution in [0.5, 0.6) is 0 Å². The highest BCUT2D eigenvalue weighted by Crippen LogP contribution is 2.22. The highest BCUT2D eigenvalue weighted by Gasteiger charge is 2.11. The van der Waals surface area contributed by atoms with Crippen LogP contribution in [0.1, 0.15) is 33.3 Å². The zero-order valence-corrected chi connectivity index (χ0v) is 11.4. The molecule has 0 atom stereocenters. The molecule has 0 aliphatic heterocycles. The van der Waals surface area contributed by atoms with Crippen LogP contribution in [0.4, 0.5) is 10.1 Å². The van der Waals surface area contributed by atoms with Crippen LogP contribution in [0.15, 0.2) is 18.2 Å². The Labute approximate surface area is 104 Å². The van der Waals surface area contributed by atoms with Gasteiger partial charge in [-0.3, -0.25) is 0 Å². The van der Waals surface area contributed by atoms with Crippen LogP contribution in [0, 0.1) is 5.82 Å². The number of anilines is 1. The molecule has 0 aliphatic rings. The molecule has 2 nitrogen and oxygen atoms in total. The first-order chi connectivity index (χ1) is 7.91. The summed E-state index contributed by atoms with van der Waals surface area (Å²) in [5.41, 5.74) is 2.10. The fraction of sp³-hybridized carbons (Fsp3) is 0.571. The topological polar surface area (TPSA) is 15.3 Å². The quantitative estimate of drug-likeness (QED) is 0.847. The van der Waals surface area contributed by atoms with Crippen molar-refractivity contribution in [2.45, 2.75) is 46.3 Å². The lowest BCUT2D eigenvalue weighted by atomic mass is 10.1. The first-order valence-corrected chi connectivity index (χ1v) is 6.16. The summed E-state index contributed by atoms with van der Waals surface area (Å²) in [6.45, 7) is 9.13. The van der Waals surface area contributed by atoms with Gasteiger partial charge in [0, 0.05) is 31.4 Å². The Morgan fingerprint density at radius 3 is 2.41 bits per heavy atom. The van der Waals surface area contributed by atoms with Gasteiger partial charge in [0.1, 0.15) is 5.82 Å². The molecule has 1 N–H and O–H groups in total. The Bertz CT molecular complexity index is 361. The van der Waals surface area contributed by atoms with E-state index in [1.54, 1.807) is 6.07 Å². The minimum absolute atomic E-state index is 0.175. The maximum Gasteiger partial charge on any atom is 0.123 e. The van der Waals surface area contributed by atoms with E-state index >= 15 is 0 Å². The second-order valence-electron chi connectivity index (χ2n) is 5.01. The molecule has 0 radical (unpaired) electrons. The molecule has 0 heterocycles. The number of halogens is 1. The highest BCUT2D eigenvalue weighted by atomic mass is 19.1. The van der Waals surface area contributed by atoms with Crippen LogP contribution >= 0.6 is 0 Å². The Hall–Kier alpha value is -1.09. The molecule has 0 unspecified atom stereocenters. The van der Waals surface area contributed by atoms with E-state index in [1.807, 2.05) is 13.1 Å². The van der Waals surface area contributed by atoms with Gasteiger partial charge >= 0.3 is 0 Å². The summed E-state index contributed by atoms with van der Waals surface area (Å²) < 4.78 is 13.3. The van der Waals surface area contributed by atoms with Gasteiger partial charge in [0.25, 0.3) is 0 Å². The number of hydrogen-bond acceptors (Lipinski definition) is 2. The van der Waals surface area contributed by atoms with Crippen LogP contribution in [0.2, 0.25) is 0 Å². The molecule has 1 rings (SSSR count). The maximum atomic E-state index is 13.3. The van der Waals surface area contributed by atoms with Crippen molar-refractivity contribution in [2.24, 2.45) is 0 Å². The van der Waals surface area contributed by atoms with Crippen molar-refractivity contribution < 1.29 is 4.39 Å². The van der Waals surface area contributed by atoms with Gasteiger partial charge in [-0.15, -0.1) is 0 Å². The summed E-state index contributed by atoms with van der Waals surface area (Å²) in [7, 11) is 2.04. The van der Waals surface area contributed by atoms with E-state index in [-0.39, 0.29) is 5.82 Å². The molecule has 3 heteroatoms. The van der Waals surface area contributed by atoms with Crippen LogP contribution in [0.3, 0.4) is 0 Å². The average Bonchev–Trinajstić information content (AvgIpc) is 2.25. The van der Waals surface area contributed by atoms with Crippen molar-refractivity contribution in [2.75, 3.05) is 11.9 Å². The zero-order chi connectivity index (χ0) is 13.0. The minimum atomic E-state index is -0.175. The number of rotatable bonds is 5. The fourth-order valence-corrected chi connectivity index (χ4v) is 1.63. The lowest BCUT2D eigenvalue weighted by Gasteiger charge is -2.27. The fourth-order valence-electron chi connectivity index (χ4n) is 1.63. The molecule has 96 valence electrons. The van der Waals surface area contributed by atoms with Gasteiger partial charge in [-0.2, -0.15) is 0 Å². The van der Waals surface area contributed by atoms with Crippen molar-refractivity contribution in [3.05, 3.63) is 29.6 Å². The standard InChI is InChI=1S/C14H23FN2/c1-10(2)16-9-12-8-13(15)6-7-14(12)17(5)11(3)4/h6-8,10-11,16H,9H2,1-5H3. The summed E-state index contributed by atoms with van der Waals surface area (Å²) in [5.74, 6) is -0.175. The smallest absolute Gasteiger partial charge is 0.123 e. The van der Waals surface area contributed by atoms with Crippen LogP contribution in [-0.4, -0.2) is 19.1 Å². The highest BCUT2D eigenvalue weighted by molar-refractivity contribution is 5.53. The van der Waals surface area contributed by atoms with E-state index in [0.717, 1.165) is 11.3 Å². The molecule has 17 heavy (non-hydrogen) atoms. The molecular formula is C14H23FN2. The molecule has 1 aromatic rings. The van der Waals surface area contributed by atoms with E-state index in [0.29, 0.717) is 18.6 Å². The monoisotopic (exact) mass is 238 g/mol. The van der Waals surface area contributed by atoms with E-state index in [1.165, 1.54) is 6.07 Å². The summed E-state index contributed by atoms with van der Waals surface area (Å²) >= 11 is 0. The van der Waals surface area contributed by atoms with Gasteiger partial charge < -0.3 is 10.2 Å².